The number of hydrogen-bond acceptors (Lipinski definition) is 3. The summed E-state index contributed by atoms with van der Waals surface area (Å²) in [5.41, 5.74) is 0.651. The Kier molecular flexibility index (Phi) is 3.39. The molecule has 0 saturated carbocycles. The molecule has 2 aromatic rings. The third kappa shape index (κ3) is 2.62. The Hall–Kier alpha value is -1.88. The summed E-state index contributed by atoms with van der Waals surface area (Å²) in [7, 11) is 0. The lowest BCUT2D eigenvalue weighted by atomic mass is 10.0. The smallest absolute Gasteiger partial charge is 0.162 e. The molecule has 0 saturated heterocycles. The topological polar surface area (TPSA) is 46.0 Å². The first-order valence-electron chi connectivity index (χ1n) is 5.06. The maximum atomic E-state index is 13.4. The first kappa shape index (κ1) is 11.6. The van der Waals surface area contributed by atoms with Crippen LogP contribution in [0.4, 0.5) is 8.78 Å². The highest BCUT2D eigenvalue weighted by Crippen LogP contribution is 2.20. The molecule has 0 amide bonds. The van der Waals surface area contributed by atoms with Gasteiger partial charge in [0.05, 0.1) is 12.3 Å². The zero-order valence-electron chi connectivity index (χ0n) is 8.85. The SMILES string of the molecule is OC(Cc1cccc(F)c1F)c1ccnnc1. The highest BCUT2D eigenvalue weighted by molar-refractivity contribution is 5.22. The lowest BCUT2D eigenvalue weighted by Gasteiger charge is -2.10. The molecular formula is C12H10F2N2O. The van der Waals surface area contributed by atoms with Gasteiger partial charge in [-0.2, -0.15) is 10.2 Å². The second-order valence-corrected chi connectivity index (χ2v) is 3.61. The average molecular weight is 236 g/mol. The van der Waals surface area contributed by atoms with Crippen molar-refractivity contribution in [1.82, 2.24) is 10.2 Å². The van der Waals surface area contributed by atoms with E-state index in [1.54, 1.807) is 6.07 Å². The summed E-state index contributed by atoms with van der Waals surface area (Å²) in [6, 6.07) is 5.47. The van der Waals surface area contributed by atoms with E-state index in [1.807, 2.05) is 0 Å². The molecule has 0 spiro atoms. The van der Waals surface area contributed by atoms with Crippen LogP contribution in [0.1, 0.15) is 17.2 Å². The number of nitrogens with zero attached hydrogens (tertiary/aromatic N) is 2. The number of aromatic nitrogens is 2. The number of aliphatic hydroxyl groups excluding tert-OH is 1. The van der Waals surface area contributed by atoms with Gasteiger partial charge < -0.3 is 5.11 Å². The number of aliphatic hydroxyl groups is 1. The van der Waals surface area contributed by atoms with Gasteiger partial charge in [0.1, 0.15) is 0 Å². The minimum Gasteiger partial charge on any atom is -0.388 e. The molecule has 0 fully saturated rings. The second-order valence-electron chi connectivity index (χ2n) is 3.61. The molecule has 88 valence electrons. The summed E-state index contributed by atoms with van der Waals surface area (Å²) in [4.78, 5) is 0. The van der Waals surface area contributed by atoms with Crippen LogP contribution in [-0.4, -0.2) is 15.3 Å². The van der Waals surface area contributed by atoms with Gasteiger partial charge in [0.15, 0.2) is 11.6 Å². The standard InChI is InChI=1S/C12H10F2N2O/c13-10-3-1-2-8(12(10)14)6-11(17)9-4-5-15-16-7-9/h1-5,7,11,17H,6H2. The van der Waals surface area contributed by atoms with Crippen molar-refractivity contribution < 1.29 is 13.9 Å². The van der Waals surface area contributed by atoms with Gasteiger partial charge in [-0.1, -0.05) is 12.1 Å². The van der Waals surface area contributed by atoms with E-state index in [1.165, 1.54) is 24.5 Å². The van der Waals surface area contributed by atoms with Gasteiger partial charge in [0.25, 0.3) is 0 Å². The van der Waals surface area contributed by atoms with Crippen molar-refractivity contribution in [3.8, 4) is 0 Å². The van der Waals surface area contributed by atoms with Crippen LogP contribution in [0.2, 0.25) is 0 Å². The summed E-state index contributed by atoms with van der Waals surface area (Å²) >= 11 is 0. The fourth-order valence-corrected chi connectivity index (χ4v) is 1.53. The monoisotopic (exact) mass is 236 g/mol. The van der Waals surface area contributed by atoms with E-state index in [4.69, 9.17) is 0 Å². The first-order chi connectivity index (χ1) is 8.18. The summed E-state index contributed by atoms with van der Waals surface area (Å²) in [5.74, 6) is -1.84. The minimum atomic E-state index is -0.929. The van der Waals surface area contributed by atoms with E-state index in [9.17, 15) is 13.9 Å². The molecule has 1 aromatic carbocycles. The van der Waals surface area contributed by atoms with Crippen LogP contribution >= 0.6 is 0 Å². The number of halogens is 2. The van der Waals surface area contributed by atoms with Crippen LogP contribution in [0, 0.1) is 11.6 Å². The number of benzene rings is 1. The molecule has 0 bridgehead atoms. The molecule has 1 atom stereocenters. The van der Waals surface area contributed by atoms with Gasteiger partial charge in [-0.3, -0.25) is 0 Å². The van der Waals surface area contributed by atoms with Crippen LogP contribution < -0.4 is 0 Å². The lowest BCUT2D eigenvalue weighted by Crippen LogP contribution is -2.05. The molecule has 0 aliphatic carbocycles. The Morgan fingerprint density at radius 2 is 2.00 bits per heavy atom. The van der Waals surface area contributed by atoms with Gasteiger partial charge in [-0.15, -0.1) is 0 Å². The maximum absolute atomic E-state index is 13.4. The van der Waals surface area contributed by atoms with E-state index >= 15 is 0 Å². The predicted molar refractivity (Wildman–Crippen MR) is 57.1 cm³/mol. The third-order valence-electron chi connectivity index (χ3n) is 2.44. The predicted octanol–water partition coefficient (Wildman–Crippen LogP) is 2.03. The van der Waals surface area contributed by atoms with Crippen molar-refractivity contribution in [1.29, 1.82) is 0 Å². The second kappa shape index (κ2) is 4.97. The van der Waals surface area contributed by atoms with Crippen molar-refractivity contribution in [2.24, 2.45) is 0 Å². The molecule has 5 heteroatoms. The summed E-state index contributed by atoms with van der Waals surface area (Å²) in [6.07, 6.45) is 1.89. The molecule has 1 aromatic heterocycles. The summed E-state index contributed by atoms with van der Waals surface area (Å²) < 4.78 is 26.3. The third-order valence-corrected chi connectivity index (χ3v) is 2.44. The van der Waals surface area contributed by atoms with E-state index in [-0.39, 0.29) is 12.0 Å². The highest BCUT2D eigenvalue weighted by atomic mass is 19.2. The van der Waals surface area contributed by atoms with Crippen LogP contribution in [0.25, 0.3) is 0 Å². The molecule has 1 unspecified atom stereocenters. The van der Waals surface area contributed by atoms with Gasteiger partial charge in [-0.25, -0.2) is 8.78 Å². The van der Waals surface area contributed by atoms with Crippen molar-refractivity contribution in [2.75, 3.05) is 0 Å². The van der Waals surface area contributed by atoms with Crippen molar-refractivity contribution in [3.63, 3.8) is 0 Å². The maximum Gasteiger partial charge on any atom is 0.162 e. The van der Waals surface area contributed by atoms with Crippen molar-refractivity contribution >= 4 is 0 Å². The fourth-order valence-electron chi connectivity index (χ4n) is 1.53. The largest absolute Gasteiger partial charge is 0.388 e. The molecule has 3 nitrogen and oxygen atoms in total. The molecule has 17 heavy (non-hydrogen) atoms. The molecule has 2 rings (SSSR count). The van der Waals surface area contributed by atoms with E-state index in [2.05, 4.69) is 10.2 Å². The van der Waals surface area contributed by atoms with E-state index in [0.717, 1.165) is 6.07 Å². The zero-order valence-corrected chi connectivity index (χ0v) is 8.85. The van der Waals surface area contributed by atoms with Gasteiger partial charge in [0, 0.05) is 18.2 Å². The van der Waals surface area contributed by atoms with Crippen LogP contribution in [0.5, 0.6) is 0 Å². The molecule has 0 aliphatic rings. The highest BCUT2D eigenvalue weighted by Gasteiger charge is 2.14. The first-order valence-corrected chi connectivity index (χ1v) is 5.06. The Labute approximate surface area is 96.8 Å². The Morgan fingerprint density at radius 3 is 2.71 bits per heavy atom. The normalized spacial score (nSPS) is 12.4. The van der Waals surface area contributed by atoms with Crippen LogP contribution in [0.3, 0.4) is 0 Å². The molecule has 1 N–H and O–H groups in total. The molecule has 0 radical (unpaired) electrons. The van der Waals surface area contributed by atoms with E-state index in [0.29, 0.717) is 5.56 Å². The van der Waals surface area contributed by atoms with Gasteiger partial charge in [0.2, 0.25) is 0 Å². The van der Waals surface area contributed by atoms with Crippen LogP contribution in [0.15, 0.2) is 36.7 Å². The van der Waals surface area contributed by atoms with Crippen molar-refractivity contribution in [2.45, 2.75) is 12.5 Å². The number of hydrogen-bond donors (Lipinski definition) is 1. The number of rotatable bonds is 3. The van der Waals surface area contributed by atoms with Crippen LogP contribution in [-0.2, 0) is 6.42 Å². The Bertz CT molecular complexity index is 505. The van der Waals surface area contributed by atoms with Gasteiger partial charge >= 0.3 is 0 Å². The lowest BCUT2D eigenvalue weighted by molar-refractivity contribution is 0.176. The van der Waals surface area contributed by atoms with E-state index < -0.39 is 17.7 Å². The summed E-state index contributed by atoms with van der Waals surface area (Å²) in [5, 5.41) is 17.0. The quantitative estimate of drug-likeness (QED) is 0.886. The molecule has 1 heterocycles. The zero-order chi connectivity index (χ0) is 12.3. The Balaban J connectivity index is 2.19. The molecule has 0 aliphatic heterocycles. The van der Waals surface area contributed by atoms with Gasteiger partial charge in [-0.05, 0) is 17.7 Å². The Morgan fingerprint density at radius 1 is 1.18 bits per heavy atom. The molecular weight excluding hydrogens is 226 g/mol. The fraction of sp³-hybridized carbons (Fsp3) is 0.167. The minimum absolute atomic E-state index is 0.00468. The van der Waals surface area contributed by atoms with Crippen molar-refractivity contribution in [3.05, 3.63) is 59.4 Å². The summed E-state index contributed by atoms with van der Waals surface area (Å²) in [6.45, 7) is 0. The average Bonchev–Trinajstić information content (AvgIpc) is 2.36.